The molecule has 3 nitrogen and oxygen atoms in total. The Morgan fingerprint density at radius 3 is 2.26 bits per heavy atom. The molecule has 0 aromatic heterocycles. The Balaban J connectivity index is 1.92. The summed E-state index contributed by atoms with van der Waals surface area (Å²) in [6, 6.07) is 17.8. The summed E-state index contributed by atoms with van der Waals surface area (Å²) in [4.78, 5) is 11.4. The number of rotatable bonds is 9. The summed E-state index contributed by atoms with van der Waals surface area (Å²) in [5.74, 6) is -0.920. The van der Waals surface area contributed by atoms with Crippen LogP contribution in [0.15, 0.2) is 54.6 Å². The standard InChI is InChI=1S/C20H24O3/c1-2-3-7-16-10-12-17(13-11-16)14-19(20(21)22)23-15-18-8-5-4-6-9-18/h4-6,8-13,19H,2-3,7,14-15H2,1H3,(H,21,22)/t19-/m1/s1. The van der Waals surface area contributed by atoms with Crippen LogP contribution in [0.2, 0.25) is 0 Å². The van der Waals surface area contributed by atoms with Crippen LogP contribution in [0.1, 0.15) is 36.5 Å². The molecular formula is C20H24O3. The Kier molecular flexibility index (Phi) is 6.82. The summed E-state index contributed by atoms with van der Waals surface area (Å²) in [6.07, 6.45) is 2.99. The van der Waals surface area contributed by atoms with E-state index in [1.807, 2.05) is 42.5 Å². The maximum atomic E-state index is 11.4. The Hall–Kier alpha value is -2.13. The number of aliphatic carboxylic acids is 1. The zero-order valence-corrected chi connectivity index (χ0v) is 13.6. The van der Waals surface area contributed by atoms with Crippen molar-refractivity contribution in [3.63, 3.8) is 0 Å². The highest BCUT2D eigenvalue weighted by Crippen LogP contribution is 2.13. The molecule has 3 heteroatoms. The molecule has 0 aliphatic heterocycles. The van der Waals surface area contributed by atoms with Crippen LogP contribution in [0.3, 0.4) is 0 Å². The van der Waals surface area contributed by atoms with Gasteiger partial charge in [0.2, 0.25) is 0 Å². The number of unbranched alkanes of at least 4 members (excludes halogenated alkanes) is 1. The average Bonchev–Trinajstić information content (AvgIpc) is 2.58. The van der Waals surface area contributed by atoms with Crippen LogP contribution in [0, 0.1) is 0 Å². The van der Waals surface area contributed by atoms with Gasteiger partial charge < -0.3 is 9.84 Å². The molecule has 0 fully saturated rings. The van der Waals surface area contributed by atoms with Gasteiger partial charge in [0, 0.05) is 6.42 Å². The summed E-state index contributed by atoms with van der Waals surface area (Å²) in [7, 11) is 0. The minimum absolute atomic E-state index is 0.312. The number of carboxylic acid groups (broad SMARTS) is 1. The lowest BCUT2D eigenvalue weighted by Crippen LogP contribution is -2.26. The summed E-state index contributed by atoms with van der Waals surface area (Å²) in [5.41, 5.74) is 3.27. The van der Waals surface area contributed by atoms with Gasteiger partial charge in [0.15, 0.2) is 6.10 Å². The van der Waals surface area contributed by atoms with Gasteiger partial charge >= 0.3 is 5.97 Å². The number of carboxylic acids is 1. The molecule has 0 heterocycles. The zero-order valence-electron chi connectivity index (χ0n) is 13.6. The van der Waals surface area contributed by atoms with Crippen molar-refractivity contribution in [2.24, 2.45) is 0 Å². The van der Waals surface area contributed by atoms with E-state index in [1.165, 1.54) is 18.4 Å². The summed E-state index contributed by atoms with van der Waals surface area (Å²) in [5, 5.41) is 9.36. The van der Waals surface area contributed by atoms with Crippen LogP contribution in [0.25, 0.3) is 0 Å². The van der Waals surface area contributed by atoms with Crippen LogP contribution >= 0.6 is 0 Å². The van der Waals surface area contributed by atoms with E-state index < -0.39 is 12.1 Å². The smallest absolute Gasteiger partial charge is 0.333 e. The third-order valence-electron chi connectivity index (χ3n) is 3.83. The van der Waals surface area contributed by atoms with Crippen LogP contribution in [0.4, 0.5) is 0 Å². The third kappa shape index (κ3) is 5.87. The van der Waals surface area contributed by atoms with E-state index in [2.05, 4.69) is 19.1 Å². The SMILES string of the molecule is CCCCc1ccc(C[C@@H](OCc2ccccc2)C(=O)O)cc1. The maximum Gasteiger partial charge on any atom is 0.333 e. The maximum absolute atomic E-state index is 11.4. The predicted molar refractivity (Wildman–Crippen MR) is 91.4 cm³/mol. The lowest BCUT2D eigenvalue weighted by Gasteiger charge is -2.14. The Bertz CT molecular complexity index is 590. The summed E-state index contributed by atoms with van der Waals surface area (Å²) >= 11 is 0. The molecule has 1 N–H and O–H groups in total. The lowest BCUT2D eigenvalue weighted by atomic mass is 10.0. The Labute approximate surface area is 137 Å². The molecule has 1 atom stereocenters. The van der Waals surface area contributed by atoms with Crippen molar-refractivity contribution in [2.75, 3.05) is 0 Å². The monoisotopic (exact) mass is 312 g/mol. The van der Waals surface area contributed by atoms with Gasteiger partial charge in [0.05, 0.1) is 6.61 Å². The topological polar surface area (TPSA) is 46.5 Å². The van der Waals surface area contributed by atoms with Gasteiger partial charge in [-0.25, -0.2) is 4.79 Å². The fourth-order valence-corrected chi connectivity index (χ4v) is 2.43. The van der Waals surface area contributed by atoms with Crippen molar-refractivity contribution < 1.29 is 14.6 Å². The molecule has 0 amide bonds. The van der Waals surface area contributed by atoms with E-state index in [1.54, 1.807) is 0 Å². The molecule has 0 saturated carbocycles. The van der Waals surface area contributed by atoms with Gasteiger partial charge in [-0.2, -0.15) is 0 Å². The molecule has 0 aliphatic carbocycles. The van der Waals surface area contributed by atoms with Crippen LogP contribution in [0.5, 0.6) is 0 Å². The van der Waals surface area contributed by atoms with Crippen molar-refractivity contribution in [2.45, 2.75) is 45.3 Å². The summed E-state index contributed by atoms with van der Waals surface area (Å²) in [6.45, 7) is 2.49. The van der Waals surface area contributed by atoms with Crippen LogP contribution in [-0.4, -0.2) is 17.2 Å². The fraction of sp³-hybridized carbons (Fsp3) is 0.350. The molecule has 0 spiro atoms. The van der Waals surface area contributed by atoms with Crippen molar-refractivity contribution in [1.82, 2.24) is 0 Å². The van der Waals surface area contributed by atoms with Gasteiger partial charge in [-0.1, -0.05) is 67.9 Å². The highest BCUT2D eigenvalue weighted by atomic mass is 16.5. The van der Waals surface area contributed by atoms with Crippen LogP contribution in [-0.2, 0) is 29.0 Å². The van der Waals surface area contributed by atoms with E-state index in [0.717, 1.165) is 17.5 Å². The molecule has 0 bridgehead atoms. The lowest BCUT2D eigenvalue weighted by molar-refractivity contribution is -0.151. The molecule has 2 aromatic carbocycles. The molecule has 2 aromatic rings. The van der Waals surface area contributed by atoms with E-state index in [0.29, 0.717) is 13.0 Å². The van der Waals surface area contributed by atoms with E-state index in [-0.39, 0.29) is 0 Å². The molecular weight excluding hydrogens is 288 g/mol. The van der Waals surface area contributed by atoms with E-state index >= 15 is 0 Å². The highest BCUT2D eigenvalue weighted by molar-refractivity contribution is 5.72. The average molecular weight is 312 g/mol. The molecule has 23 heavy (non-hydrogen) atoms. The molecule has 2 rings (SSSR count). The van der Waals surface area contributed by atoms with Gasteiger partial charge in [0.25, 0.3) is 0 Å². The first kappa shape index (κ1) is 17.2. The first-order valence-corrected chi connectivity index (χ1v) is 8.15. The molecule has 0 saturated heterocycles. The largest absolute Gasteiger partial charge is 0.479 e. The quantitative estimate of drug-likeness (QED) is 0.753. The number of hydrogen-bond acceptors (Lipinski definition) is 2. The van der Waals surface area contributed by atoms with Crippen LogP contribution < -0.4 is 0 Å². The molecule has 0 unspecified atom stereocenters. The second kappa shape index (κ2) is 9.11. The van der Waals surface area contributed by atoms with Crippen molar-refractivity contribution in [1.29, 1.82) is 0 Å². The first-order chi connectivity index (χ1) is 11.2. The third-order valence-corrected chi connectivity index (χ3v) is 3.83. The van der Waals surface area contributed by atoms with Crippen molar-refractivity contribution in [3.8, 4) is 0 Å². The normalized spacial score (nSPS) is 12.0. The number of benzene rings is 2. The van der Waals surface area contributed by atoms with Crippen molar-refractivity contribution in [3.05, 3.63) is 71.3 Å². The number of ether oxygens (including phenoxy) is 1. The number of hydrogen-bond donors (Lipinski definition) is 1. The fourth-order valence-electron chi connectivity index (χ4n) is 2.43. The number of aryl methyl sites for hydroxylation is 1. The molecule has 0 radical (unpaired) electrons. The minimum Gasteiger partial charge on any atom is -0.479 e. The Morgan fingerprint density at radius 2 is 1.65 bits per heavy atom. The molecule has 0 aliphatic rings. The Morgan fingerprint density at radius 1 is 1.00 bits per heavy atom. The summed E-state index contributed by atoms with van der Waals surface area (Å²) < 4.78 is 5.59. The first-order valence-electron chi connectivity index (χ1n) is 8.15. The van der Waals surface area contributed by atoms with Gasteiger partial charge in [-0.3, -0.25) is 0 Å². The van der Waals surface area contributed by atoms with E-state index in [9.17, 15) is 9.90 Å². The minimum atomic E-state index is -0.920. The number of carbonyl (C=O) groups is 1. The second-order valence-electron chi connectivity index (χ2n) is 5.75. The zero-order chi connectivity index (χ0) is 16.5. The van der Waals surface area contributed by atoms with E-state index in [4.69, 9.17) is 4.74 Å². The van der Waals surface area contributed by atoms with Gasteiger partial charge in [-0.05, 0) is 29.5 Å². The van der Waals surface area contributed by atoms with Crippen molar-refractivity contribution >= 4 is 5.97 Å². The molecule has 122 valence electrons. The van der Waals surface area contributed by atoms with Gasteiger partial charge in [-0.15, -0.1) is 0 Å². The van der Waals surface area contributed by atoms with Gasteiger partial charge in [0.1, 0.15) is 0 Å². The highest BCUT2D eigenvalue weighted by Gasteiger charge is 2.18. The second-order valence-corrected chi connectivity index (χ2v) is 5.75. The predicted octanol–water partition coefficient (Wildman–Crippen LogP) is 4.24.